The van der Waals surface area contributed by atoms with Gasteiger partial charge in [0.2, 0.25) is 0 Å². The van der Waals surface area contributed by atoms with Crippen molar-refractivity contribution in [3.63, 3.8) is 0 Å². The van der Waals surface area contributed by atoms with E-state index in [1.807, 2.05) is 25.1 Å². The molecule has 0 radical (unpaired) electrons. The third-order valence-electron chi connectivity index (χ3n) is 2.41. The lowest BCUT2D eigenvalue weighted by Gasteiger charge is -2.07. The summed E-state index contributed by atoms with van der Waals surface area (Å²) in [5.74, 6) is 0.655. The summed E-state index contributed by atoms with van der Waals surface area (Å²) >= 11 is 0. The Hall–Kier alpha value is -1.77. The van der Waals surface area contributed by atoms with Crippen LogP contribution in [-0.2, 0) is 0 Å². The first-order valence-electron chi connectivity index (χ1n) is 4.87. The van der Waals surface area contributed by atoms with E-state index in [1.54, 1.807) is 13.1 Å². The lowest BCUT2D eigenvalue weighted by molar-refractivity contribution is 0.104. The number of benzene rings is 1. The molecule has 0 fully saturated rings. The van der Waals surface area contributed by atoms with Crippen LogP contribution in [0.25, 0.3) is 0 Å². The molecule has 1 aromatic carbocycles. The van der Waals surface area contributed by atoms with E-state index in [4.69, 9.17) is 4.74 Å². The number of hydrogen-bond donors (Lipinski definition) is 1. The molecule has 78 valence electrons. The first kappa shape index (κ1) is 9.77. The highest BCUT2D eigenvalue weighted by molar-refractivity contribution is 6.07. The second kappa shape index (κ2) is 3.77. The minimum Gasteiger partial charge on any atom is -0.487 e. The molecule has 2 rings (SSSR count). The molecular formula is C12H13NO2. The van der Waals surface area contributed by atoms with Gasteiger partial charge in [0, 0.05) is 13.1 Å². The summed E-state index contributed by atoms with van der Waals surface area (Å²) in [7, 11) is 1.78. The molecule has 0 atom stereocenters. The van der Waals surface area contributed by atoms with Crippen LogP contribution in [0.15, 0.2) is 30.0 Å². The molecule has 15 heavy (non-hydrogen) atoms. The topological polar surface area (TPSA) is 38.3 Å². The Labute approximate surface area is 88.8 Å². The average Bonchev–Trinajstić information content (AvgIpc) is 2.39. The van der Waals surface area contributed by atoms with E-state index in [9.17, 15) is 4.79 Å². The van der Waals surface area contributed by atoms with Crippen LogP contribution in [-0.4, -0.2) is 19.4 Å². The molecule has 0 saturated carbocycles. The van der Waals surface area contributed by atoms with Gasteiger partial charge >= 0.3 is 0 Å². The van der Waals surface area contributed by atoms with Crippen LogP contribution in [0.1, 0.15) is 15.9 Å². The van der Waals surface area contributed by atoms with Crippen LogP contribution in [0, 0.1) is 6.92 Å². The van der Waals surface area contributed by atoms with E-state index in [0.29, 0.717) is 17.9 Å². The van der Waals surface area contributed by atoms with Crippen molar-refractivity contribution in [1.82, 2.24) is 5.32 Å². The van der Waals surface area contributed by atoms with Crippen LogP contribution >= 0.6 is 0 Å². The predicted molar refractivity (Wildman–Crippen MR) is 58.1 cm³/mol. The fourth-order valence-electron chi connectivity index (χ4n) is 1.54. The fraction of sp³-hybridized carbons (Fsp3) is 0.250. The van der Waals surface area contributed by atoms with Crippen molar-refractivity contribution in [2.24, 2.45) is 0 Å². The van der Waals surface area contributed by atoms with Gasteiger partial charge in [-0.05, 0) is 19.1 Å². The van der Waals surface area contributed by atoms with E-state index < -0.39 is 0 Å². The van der Waals surface area contributed by atoms with Crippen LogP contribution in [0.4, 0.5) is 0 Å². The predicted octanol–water partition coefficient (Wildman–Crippen LogP) is 1.67. The first-order chi connectivity index (χ1) is 7.20. The molecule has 0 bridgehead atoms. The Balaban J connectivity index is 2.46. The minimum absolute atomic E-state index is 0.00412. The maximum atomic E-state index is 11.8. The van der Waals surface area contributed by atoms with Gasteiger partial charge in [-0.1, -0.05) is 11.6 Å². The van der Waals surface area contributed by atoms with Crippen LogP contribution in [0.3, 0.4) is 0 Å². The molecule has 3 nitrogen and oxygen atoms in total. The lowest BCUT2D eigenvalue weighted by Crippen LogP contribution is -2.13. The third-order valence-corrected chi connectivity index (χ3v) is 2.41. The van der Waals surface area contributed by atoms with Gasteiger partial charge in [-0.15, -0.1) is 0 Å². The van der Waals surface area contributed by atoms with Gasteiger partial charge < -0.3 is 10.1 Å². The zero-order valence-corrected chi connectivity index (χ0v) is 8.83. The number of aryl methyl sites for hydroxylation is 1. The molecule has 0 spiro atoms. The molecule has 1 aliphatic rings. The van der Waals surface area contributed by atoms with Crippen LogP contribution in [0.2, 0.25) is 0 Å². The normalized spacial score (nSPS) is 14.8. The maximum absolute atomic E-state index is 11.8. The molecule has 1 aliphatic heterocycles. The quantitative estimate of drug-likeness (QED) is 0.754. The SMILES string of the molecule is CNC1=CC(=O)c2cc(C)ccc2OC1. The van der Waals surface area contributed by atoms with Gasteiger partial charge in [0.15, 0.2) is 5.78 Å². The summed E-state index contributed by atoms with van der Waals surface area (Å²) in [5, 5.41) is 2.94. The van der Waals surface area contributed by atoms with Crippen molar-refractivity contribution in [2.45, 2.75) is 6.92 Å². The number of likely N-dealkylation sites (N-methyl/N-ethyl adjacent to an activating group) is 1. The van der Waals surface area contributed by atoms with Gasteiger partial charge in [0.25, 0.3) is 0 Å². The van der Waals surface area contributed by atoms with Gasteiger partial charge in [-0.3, -0.25) is 4.79 Å². The Bertz CT molecular complexity index is 435. The summed E-state index contributed by atoms with van der Waals surface area (Å²) in [6.07, 6.45) is 1.59. The van der Waals surface area contributed by atoms with E-state index in [2.05, 4.69) is 5.32 Å². The number of nitrogens with one attached hydrogen (secondary N) is 1. The van der Waals surface area contributed by atoms with Gasteiger partial charge in [-0.25, -0.2) is 0 Å². The van der Waals surface area contributed by atoms with Crippen LogP contribution < -0.4 is 10.1 Å². The van der Waals surface area contributed by atoms with E-state index in [1.165, 1.54) is 0 Å². The second-order valence-electron chi connectivity index (χ2n) is 3.57. The number of ketones is 1. The number of hydrogen-bond acceptors (Lipinski definition) is 3. The Morgan fingerprint density at radius 1 is 1.40 bits per heavy atom. The zero-order chi connectivity index (χ0) is 10.8. The molecule has 0 aliphatic carbocycles. The van der Waals surface area contributed by atoms with Crippen molar-refractivity contribution in [3.8, 4) is 5.75 Å². The second-order valence-corrected chi connectivity index (χ2v) is 3.57. The van der Waals surface area contributed by atoms with Crippen molar-refractivity contribution >= 4 is 5.78 Å². The van der Waals surface area contributed by atoms with Crippen molar-refractivity contribution in [2.75, 3.05) is 13.7 Å². The molecule has 0 aromatic heterocycles. The average molecular weight is 203 g/mol. The van der Waals surface area contributed by atoms with Crippen molar-refractivity contribution in [3.05, 3.63) is 41.1 Å². The highest BCUT2D eigenvalue weighted by atomic mass is 16.5. The standard InChI is InChI=1S/C12H13NO2/c1-8-3-4-12-10(5-8)11(14)6-9(13-2)7-15-12/h3-6,13H,7H2,1-2H3. The smallest absolute Gasteiger partial charge is 0.191 e. The number of ether oxygens (including phenoxy) is 1. The van der Waals surface area contributed by atoms with E-state index in [0.717, 1.165) is 11.3 Å². The van der Waals surface area contributed by atoms with Crippen molar-refractivity contribution in [1.29, 1.82) is 0 Å². The minimum atomic E-state index is -0.00412. The maximum Gasteiger partial charge on any atom is 0.191 e. The molecule has 0 unspecified atom stereocenters. The number of rotatable bonds is 1. The van der Waals surface area contributed by atoms with Gasteiger partial charge in [0.1, 0.15) is 12.4 Å². The summed E-state index contributed by atoms with van der Waals surface area (Å²) in [6, 6.07) is 5.64. The van der Waals surface area contributed by atoms with Crippen molar-refractivity contribution < 1.29 is 9.53 Å². The van der Waals surface area contributed by atoms with E-state index >= 15 is 0 Å². The highest BCUT2D eigenvalue weighted by Gasteiger charge is 2.15. The zero-order valence-electron chi connectivity index (χ0n) is 8.83. The molecule has 0 saturated heterocycles. The first-order valence-corrected chi connectivity index (χ1v) is 4.87. The number of carbonyl (C=O) groups is 1. The molecule has 0 amide bonds. The molecule has 1 N–H and O–H groups in total. The monoisotopic (exact) mass is 203 g/mol. The van der Waals surface area contributed by atoms with Gasteiger partial charge in [0.05, 0.1) is 11.3 Å². The summed E-state index contributed by atoms with van der Waals surface area (Å²) in [4.78, 5) is 11.8. The number of fused-ring (bicyclic) bond motifs is 1. The van der Waals surface area contributed by atoms with Crippen LogP contribution in [0.5, 0.6) is 5.75 Å². The van der Waals surface area contributed by atoms with E-state index in [-0.39, 0.29) is 5.78 Å². The highest BCUT2D eigenvalue weighted by Crippen LogP contribution is 2.23. The molecule has 3 heteroatoms. The third kappa shape index (κ3) is 1.86. The summed E-state index contributed by atoms with van der Waals surface area (Å²) in [5.41, 5.74) is 2.50. The Morgan fingerprint density at radius 2 is 2.20 bits per heavy atom. The fourth-order valence-corrected chi connectivity index (χ4v) is 1.54. The molecular weight excluding hydrogens is 190 g/mol. The summed E-state index contributed by atoms with van der Waals surface area (Å²) in [6.45, 7) is 2.37. The lowest BCUT2D eigenvalue weighted by atomic mass is 10.1. The number of allylic oxidation sites excluding steroid dienone is 1. The Morgan fingerprint density at radius 3 is 2.93 bits per heavy atom. The van der Waals surface area contributed by atoms with Gasteiger partial charge in [-0.2, -0.15) is 0 Å². The number of carbonyl (C=O) groups excluding carboxylic acids is 1. The summed E-state index contributed by atoms with van der Waals surface area (Å²) < 4.78 is 5.53. The largest absolute Gasteiger partial charge is 0.487 e. The molecule has 1 aromatic rings. The molecule has 1 heterocycles. The Kier molecular flexibility index (Phi) is 2.46.